The molecule has 0 aliphatic carbocycles. The lowest BCUT2D eigenvalue weighted by Crippen LogP contribution is -2.16. The van der Waals surface area contributed by atoms with E-state index >= 15 is 0 Å². The van der Waals surface area contributed by atoms with Crippen molar-refractivity contribution < 1.29 is 13.9 Å². The van der Waals surface area contributed by atoms with E-state index in [0.717, 1.165) is 29.4 Å². The van der Waals surface area contributed by atoms with Crippen LogP contribution < -0.4 is 10.2 Å². The Hall–Kier alpha value is -2.40. The number of fused-ring (bicyclic) bond motifs is 1. The number of nitrogens with zero attached hydrogens (tertiary/aromatic N) is 1. The highest BCUT2D eigenvalue weighted by atomic mass is 127. The number of rotatable bonds is 6. The van der Waals surface area contributed by atoms with Gasteiger partial charge in [0.1, 0.15) is 17.9 Å². The van der Waals surface area contributed by atoms with Crippen LogP contribution in [0.5, 0.6) is 5.75 Å². The summed E-state index contributed by atoms with van der Waals surface area (Å²) >= 11 is 4.50. The number of amides is 1. The fourth-order valence-corrected chi connectivity index (χ4v) is 5.19. The van der Waals surface area contributed by atoms with Gasteiger partial charge in [-0.3, -0.25) is 4.79 Å². The van der Waals surface area contributed by atoms with E-state index in [-0.39, 0.29) is 5.76 Å². The van der Waals surface area contributed by atoms with Gasteiger partial charge >= 0.3 is 5.91 Å². The summed E-state index contributed by atoms with van der Waals surface area (Å²) in [6, 6.07) is 21.4. The van der Waals surface area contributed by atoms with Gasteiger partial charge < -0.3 is 9.15 Å². The fraction of sp³-hybridized carbons (Fsp3) is 0.0833. The molecule has 1 heterocycles. The summed E-state index contributed by atoms with van der Waals surface area (Å²) in [4.78, 5) is 12.3. The first-order chi connectivity index (χ1) is 15.0. The second kappa shape index (κ2) is 9.82. The number of ether oxygens (including phenoxy) is 1. The van der Waals surface area contributed by atoms with Crippen LogP contribution >= 0.6 is 45.2 Å². The number of halogens is 2. The Morgan fingerprint density at radius 2 is 1.84 bits per heavy atom. The van der Waals surface area contributed by atoms with E-state index in [4.69, 9.17) is 9.15 Å². The highest BCUT2D eigenvalue weighted by Gasteiger charge is 2.12. The number of para-hydroxylation sites is 1. The Bertz CT molecular complexity index is 1220. The second-order valence-electron chi connectivity index (χ2n) is 6.94. The first kappa shape index (κ1) is 21.8. The third kappa shape index (κ3) is 5.45. The minimum atomic E-state index is -0.394. The van der Waals surface area contributed by atoms with Crippen LogP contribution in [-0.4, -0.2) is 12.1 Å². The SMILES string of the molecule is Cc1cccc(COc2c(I)cc(/C=N/NC(=O)c3cc4ccccc4o3)cc2I)c1. The van der Waals surface area contributed by atoms with E-state index in [1.807, 2.05) is 42.5 Å². The number of carbonyl (C=O) groups is 1. The molecule has 0 saturated carbocycles. The van der Waals surface area contributed by atoms with Crippen molar-refractivity contribution in [3.8, 4) is 5.75 Å². The molecule has 0 aliphatic rings. The largest absolute Gasteiger partial charge is 0.487 e. The first-order valence-corrected chi connectivity index (χ1v) is 11.6. The van der Waals surface area contributed by atoms with Crippen LogP contribution in [0.25, 0.3) is 11.0 Å². The highest BCUT2D eigenvalue weighted by Crippen LogP contribution is 2.29. The molecule has 1 amide bonds. The zero-order valence-electron chi connectivity index (χ0n) is 16.6. The molecule has 0 radical (unpaired) electrons. The molecule has 0 aliphatic heterocycles. The van der Waals surface area contributed by atoms with Crippen molar-refractivity contribution in [2.45, 2.75) is 13.5 Å². The lowest BCUT2D eigenvalue weighted by Gasteiger charge is -2.12. The zero-order chi connectivity index (χ0) is 21.8. The molecule has 0 bridgehead atoms. The van der Waals surface area contributed by atoms with Crippen LogP contribution in [0.2, 0.25) is 0 Å². The number of benzene rings is 3. The molecule has 0 saturated heterocycles. The van der Waals surface area contributed by atoms with Crippen LogP contribution in [0, 0.1) is 14.1 Å². The van der Waals surface area contributed by atoms with E-state index in [1.54, 1.807) is 12.3 Å². The van der Waals surface area contributed by atoms with Gasteiger partial charge in [-0.15, -0.1) is 0 Å². The maximum atomic E-state index is 12.3. The van der Waals surface area contributed by atoms with Crippen molar-refractivity contribution in [1.82, 2.24) is 5.43 Å². The summed E-state index contributed by atoms with van der Waals surface area (Å²) in [7, 11) is 0. The summed E-state index contributed by atoms with van der Waals surface area (Å²) in [6.45, 7) is 2.58. The Kier molecular flexibility index (Phi) is 6.91. The third-order valence-electron chi connectivity index (χ3n) is 4.52. The number of hydrogen-bond acceptors (Lipinski definition) is 4. The number of hydrogen-bond donors (Lipinski definition) is 1. The first-order valence-electron chi connectivity index (χ1n) is 9.49. The molecule has 31 heavy (non-hydrogen) atoms. The molecule has 4 rings (SSSR count). The normalized spacial score (nSPS) is 11.2. The lowest BCUT2D eigenvalue weighted by molar-refractivity contribution is 0.0929. The smallest absolute Gasteiger partial charge is 0.307 e. The number of hydrazone groups is 1. The minimum Gasteiger partial charge on any atom is -0.487 e. The van der Waals surface area contributed by atoms with Crippen LogP contribution in [0.4, 0.5) is 0 Å². The Balaban J connectivity index is 1.41. The predicted molar refractivity (Wildman–Crippen MR) is 139 cm³/mol. The molecule has 7 heteroatoms. The number of furan rings is 1. The van der Waals surface area contributed by atoms with Gasteiger partial charge in [-0.05, 0) is 87.5 Å². The molecule has 1 aromatic heterocycles. The summed E-state index contributed by atoms with van der Waals surface area (Å²) in [5.74, 6) is 0.670. The summed E-state index contributed by atoms with van der Waals surface area (Å²) in [5, 5.41) is 4.95. The molecular formula is C24H18I2N2O3. The van der Waals surface area contributed by atoms with Crippen LogP contribution in [0.3, 0.4) is 0 Å². The molecule has 0 fully saturated rings. The average Bonchev–Trinajstić information content (AvgIpc) is 3.18. The molecular weight excluding hydrogens is 618 g/mol. The third-order valence-corrected chi connectivity index (χ3v) is 6.12. The van der Waals surface area contributed by atoms with Crippen LogP contribution in [0.15, 0.2) is 76.2 Å². The maximum Gasteiger partial charge on any atom is 0.307 e. The van der Waals surface area contributed by atoms with E-state index in [9.17, 15) is 4.79 Å². The van der Waals surface area contributed by atoms with Crippen molar-refractivity contribution in [1.29, 1.82) is 0 Å². The monoisotopic (exact) mass is 636 g/mol. The summed E-state index contributed by atoms with van der Waals surface area (Å²) in [6.07, 6.45) is 1.61. The van der Waals surface area contributed by atoms with Crippen molar-refractivity contribution in [2.24, 2.45) is 5.10 Å². The zero-order valence-corrected chi connectivity index (χ0v) is 20.9. The van der Waals surface area contributed by atoms with E-state index in [0.29, 0.717) is 12.2 Å². The predicted octanol–water partition coefficient (Wildman–Crippen LogP) is 6.29. The molecule has 5 nitrogen and oxygen atoms in total. The fourth-order valence-electron chi connectivity index (χ4n) is 3.06. The van der Waals surface area contributed by atoms with E-state index in [2.05, 4.69) is 80.8 Å². The number of aryl methyl sites for hydroxylation is 1. The van der Waals surface area contributed by atoms with Crippen molar-refractivity contribution in [3.63, 3.8) is 0 Å². The van der Waals surface area contributed by atoms with Gasteiger partial charge in [0.25, 0.3) is 0 Å². The molecule has 1 N–H and O–H groups in total. The lowest BCUT2D eigenvalue weighted by atomic mass is 10.1. The summed E-state index contributed by atoms with van der Waals surface area (Å²) < 4.78 is 13.6. The van der Waals surface area contributed by atoms with Gasteiger partial charge in [-0.1, -0.05) is 48.0 Å². The molecule has 4 aromatic rings. The minimum absolute atomic E-state index is 0.224. The highest BCUT2D eigenvalue weighted by molar-refractivity contribution is 14.1. The Morgan fingerprint density at radius 3 is 2.58 bits per heavy atom. The van der Waals surface area contributed by atoms with Gasteiger partial charge in [0.05, 0.1) is 13.4 Å². The van der Waals surface area contributed by atoms with Gasteiger partial charge in [-0.2, -0.15) is 5.10 Å². The van der Waals surface area contributed by atoms with Crippen molar-refractivity contribution in [3.05, 3.63) is 96.3 Å². The Labute approximate surface area is 207 Å². The standard InChI is InChI=1S/C24H18I2N2O3/c1-15-5-4-6-16(9-15)14-30-23-19(25)10-17(11-20(23)26)13-27-28-24(29)22-12-18-7-2-3-8-21(18)31-22/h2-13H,14H2,1H3,(H,28,29)/b27-13+. The number of carbonyl (C=O) groups excluding carboxylic acids is 1. The average molecular weight is 636 g/mol. The maximum absolute atomic E-state index is 12.3. The van der Waals surface area contributed by atoms with Crippen molar-refractivity contribution in [2.75, 3.05) is 0 Å². The van der Waals surface area contributed by atoms with Crippen LogP contribution in [-0.2, 0) is 6.61 Å². The van der Waals surface area contributed by atoms with Gasteiger partial charge in [-0.25, -0.2) is 5.43 Å². The van der Waals surface area contributed by atoms with Crippen LogP contribution in [0.1, 0.15) is 27.2 Å². The molecule has 3 aromatic carbocycles. The molecule has 156 valence electrons. The molecule has 0 atom stereocenters. The summed E-state index contributed by atoms with van der Waals surface area (Å²) in [5.41, 5.74) is 6.39. The quantitative estimate of drug-likeness (QED) is 0.154. The van der Waals surface area contributed by atoms with Gasteiger partial charge in [0.15, 0.2) is 5.76 Å². The topological polar surface area (TPSA) is 63.8 Å². The van der Waals surface area contributed by atoms with E-state index < -0.39 is 5.91 Å². The second-order valence-corrected chi connectivity index (χ2v) is 9.26. The van der Waals surface area contributed by atoms with Crippen molar-refractivity contribution >= 4 is 68.3 Å². The Morgan fingerprint density at radius 1 is 1.06 bits per heavy atom. The number of nitrogens with one attached hydrogen (secondary N) is 1. The molecule has 0 unspecified atom stereocenters. The van der Waals surface area contributed by atoms with Gasteiger partial charge in [0, 0.05) is 5.39 Å². The van der Waals surface area contributed by atoms with Gasteiger partial charge in [0.2, 0.25) is 0 Å². The molecule has 0 spiro atoms. The van der Waals surface area contributed by atoms with E-state index in [1.165, 1.54) is 5.56 Å².